The van der Waals surface area contributed by atoms with E-state index < -0.39 is 0 Å². The highest BCUT2D eigenvalue weighted by Crippen LogP contribution is 2.27. The van der Waals surface area contributed by atoms with Gasteiger partial charge in [0.15, 0.2) is 0 Å². The minimum absolute atomic E-state index is 0.295. The van der Waals surface area contributed by atoms with Gasteiger partial charge in [-0.1, -0.05) is 40.9 Å². The quantitative estimate of drug-likeness (QED) is 0.656. The van der Waals surface area contributed by atoms with Gasteiger partial charge in [-0.15, -0.1) is 0 Å². The summed E-state index contributed by atoms with van der Waals surface area (Å²) < 4.78 is 13.9. The molecule has 20 heavy (non-hydrogen) atoms. The summed E-state index contributed by atoms with van der Waals surface area (Å²) in [6.45, 7) is 1.91. The summed E-state index contributed by atoms with van der Waals surface area (Å²) in [6.07, 6.45) is 0.455. The van der Waals surface area contributed by atoms with Crippen LogP contribution in [-0.2, 0) is 6.42 Å². The van der Waals surface area contributed by atoms with Gasteiger partial charge in [0.05, 0.1) is 6.04 Å². The van der Waals surface area contributed by atoms with Gasteiger partial charge in [-0.3, -0.25) is 11.3 Å². The van der Waals surface area contributed by atoms with Crippen molar-refractivity contribution in [1.82, 2.24) is 5.43 Å². The normalized spacial score (nSPS) is 12.4. The zero-order valence-corrected chi connectivity index (χ0v) is 12.5. The first-order valence-electron chi connectivity index (χ1n) is 6.17. The second-order valence-electron chi connectivity index (χ2n) is 4.68. The van der Waals surface area contributed by atoms with E-state index in [2.05, 4.69) is 5.43 Å². The molecule has 0 spiro atoms. The van der Waals surface area contributed by atoms with Gasteiger partial charge in [-0.05, 0) is 43.2 Å². The Kier molecular flexibility index (Phi) is 5.00. The Bertz CT molecular complexity index is 617. The molecule has 0 aliphatic heterocycles. The average Bonchev–Trinajstić information content (AvgIpc) is 2.42. The Labute approximate surface area is 127 Å². The minimum atomic E-state index is -0.370. The molecular formula is C15H15Cl2FN2. The van der Waals surface area contributed by atoms with Gasteiger partial charge < -0.3 is 0 Å². The van der Waals surface area contributed by atoms with Crippen molar-refractivity contribution >= 4 is 23.2 Å². The zero-order valence-electron chi connectivity index (χ0n) is 11.0. The number of benzene rings is 2. The second kappa shape index (κ2) is 6.55. The van der Waals surface area contributed by atoms with Crippen LogP contribution in [0.3, 0.4) is 0 Å². The Balaban J connectivity index is 2.33. The third-order valence-corrected chi connectivity index (χ3v) is 3.76. The van der Waals surface area contributed by atoms with E-state index in [9.17, 15) is 4.39 Å². The van der Waals surface area contributed by atoms with Gasteiger partial charge in [0.2, 0.25) is 0 Å². The van der Waals surface area contributed by atoms with E-state index in [0.717, 1.165) is 11.1 Å². The lowest BCUT2D eigenvalue weighted by Gasteiger charge is -2.18. The van der Waals surface area contributed by atoms with Crippen LogP contribution in [0.4, 0.5) is 4.39 Å². The number of aryl methyl sites for hydroxylation is 1. The fraction of sp³-hybridized carbons (Fsp3) is 0.200. The van der Waals surface area contributed by atoms with Crippen molar-refractivity contribution in [2.24, 2.45) is 5.84 Å². The lowest BCUT2D eigenvalue weighted by atomic mass is 9.97. The standard InChI is InChI=1S/C15H15Cl2FN2/c1-9-2-5-14(18)12(6-9)15(20-19)8-10-7-11(16)3-4-13(10)17/h2-7,15,20H,8,19H2,1H3. The van der Waals surface area contributed by atoms with Gasteiger partial charge >= 0.3 is 0 Å². The van der Waals surface area contributed by atoms with Crippen LogP contribution in [0, 0.1) is 12.7 Å². The van der Waals surface area contributed by atoms with Crippen LogP contribution in [0.1, 0.15) is 22.7 Å². The van der Waals surface area contributed by atoms with Crippen molar-refractivity contribution < 1.29 is 4.39 Å². The van der Waals surface area contributed by atoms with Crippen molar-refractivity contribution in [3.63, 3.8) is 0 Å². The van der Waals surface area contributed by atoms with E-state index in [1.807, 2.05) is 6.92 Å². The predicted molar refractivity (Wildman–Crippen MR) is 81.4 cm³/mol. The van der Waals surface area contributed by atoms with E-state index in [-0.39, 0.29) is 11.9 Å². The fourth-order valence-corrected chi connectivity index (χ4v) is 2.50. The molecule has 0 aromatic heterocycles. The van der Waals surface area contributed by atoms with Crippen molar-refractivity contribution in [2.45, 2.75) is 19.4 Å². The maximum absolute atomic E-state index is 13.9. The van der Waals surface area contributed by atoms with Crippen molar-refractivity contribution in [3.05, 3.63) is 69.0 Å². The molecule has 2 nitrogen and oxygen atoms in total. The fourth-order valence-electron chi connectivity index (χ4n) is 2.11. The maximum atomic E-state index is 13.9. The zero-order chi connectivity index (χ0) is 14.7. The summed E-state index contributed by atoms with van der Waals surface area (Å²) in [5, 5.41) is 1.17. The van der Waals surface area contributed by atoms with Crippen LogP contribution >= 0.6 is 23.2 Å². The minimum Gasteiger partial charge on any atom is -0.271 e. The Hall–Kier alpha value is -1.13. The highest BCUT2D eigenvalue weighted by atomic mass is 35.5. The van der Waals surface area contributed by atoms with Crippen LogP contribution in [0.5, 0.6) is 0 Å². The molecule has 2 rings (SSSR count). The van der Waals surface area contributed by atoms with Crippen LogP contribution in [0.2, 0.25) is 10.0 Å². The molecule has 0 radical (unpaired) electrons. The number of nitrogens with one attached hydrogen (secondary N) is 1. The third-order valence-electron chi connectivity index (χ3n) is 3.16. The molecule has 2 aromatic carbocycles. The van der Waals surface area contributed by atoms with E-state index >= 15 is 0 Å². The van der Waals surface area contributed by atoms with Gasteiger partial charge in [-0.25, -0.2) is 4.39 Å². The van der Waals surface area contributed by atoms with Crippen molar-refractivity contribution in [1.29, 1.82) is 0 Å². The molecule has 0 saturated heterocycles. The molecule has 0 aliphatic rings. The molecule has 0 aliphatic carbocycles. The highest BCUT2D eigenvalue weighted by Gasteiger charge is 2.17. The molecule has 3 N–H and O–H groups in total. The largest absolute Gasteiger partial charge is 0.271 e. The van der Waals surface area contributed by atoms with Crippen LogP contribution in [-0.4, -0.2) is 0 Å². The average molecular weight is 313 g/mol. The molecule has 106 valence electrons. The molecule has 2 aromatic rings. The molecule has 0 saturated carbocycles. The van der Waals surface area contributed by atoms with Crippen molar-refractivity contribution in [2.75, 3.05) is 0 Å². The molecule has 0 heterocycles. The molecule has 1 atom stereocenters. The molecule has 5 heteroatoms. The van der Waals surface area contributed by atoms with Gasteiger partial charge in [-0.2, -0.15) is 0 Å². The Morgan fingerprint density at radius 1 is 1.20 bits per heavy atom. The lowest BCUT2D eigenvalue weighted by Crippen LogP contribution is -2.30. The summed E-state index contributed by atoms with van der Waals surface area (Å²) >= 11 is 12.1. The van der Waals surface area contributed by atoms with Gasteiger partial charge in [0.1, 0.15) is 5.82 Å². The predicted octanol–water partition coefficient (Wildman–Crippen LogP) is 4.19. The molecule has 0 fully saturated rings. The van der Waals surface area contributed by atoms with Crippen LogP contribution in [0.15, 0.2) is 36.4 Å². The third kappa shape index (κ3) is 3.49. The highest BCUT2D eigenvalue weighted by molar-refractivity contribution is 6.33. The monoisotopic (exact) mass is 312 g/mol. The first-order chi connectivity index (χ1) is 9.51. The summed E-state index contributed by atoms with van der Waals surface area (Å²) in [4.78, 5) is 0. The van der Waals surface area contributed by atoms with Gasteiger partial charge in [0, 0.05) is 15.6 Å². The first-order valence-corrected chi connectivity index (χ1v) is 6.93. The number of hydrogen-bond donors (Lipinski definition) is 2. The molecule has 0 bridgehead atoms. The number of nitrogens with two attached hydrogens (primary N) is 1. The Morgan fingerprint density at radius 3 is 2.65 bits per heavy atom. The number of halogens is 3. The number of rotatable bonds is 4. The van der Waals surface area contributed by atoms with Crippen LogP contribution < -0.4 is 11.3 Å². The van der Waals surface area contributed by atoms with E-state index in [1.165, 1.54) is 6.07 Å². The summed E-state index contributed by atoms with van der Waals surface area (Å²) in [6, 6.07) is 9.77. The number of hydrazine groups is 1. The van der Waals surface area contributed by atoms with Crippen LogP contribution in [0.25, 0.3) is 0 Å². The first kappa shape index (κ1) is 15.3. The molecule has 0 amide bonds. The van der Waals surface area contributed by atoms with E-state index in [0.29, 0.717) is 22.0 Å². The summed E-state index contributed by atoms with van der Waals surface area (Å²) in [7, 11) is 0. The second-order valence-corrected chi connectivity index (χ2v) is 5.53. The summed E-state index contributed by atoms with van der Waals surface area (Å²) in [5.41, 5.74) is 4.95. The summed E-state index contributed by atoms with van der Waals surface area (Å²) in [5.74, 6) is 5.27. The van der Waals surface area contributed by atoms with Crippen molar-refractivity contribution in [3.8, 4) is 0 Å². The number of hydrogen-bond acceptors (Lipinski definition) is 2. The Morgan fingerprint density at radius 2 is 1.95 bits per heavy atom. The molecular weight excluding hydrogens is 298 g/mol. The molecule has 1 unspecified atom stereocenters. The van der Waals surface area contributed by atoms with E-state index in [1.54, 1.807) is 30.3 Å². The topological polar surface area (TPSA) is 38.0 Å². The smallest absolute Gasteiger partial charge is 0.128 e. The SMILES string of the molecule is Cc1ccc(F)c(C(Cc2cc(Cl)ccc2Cl)NN)c1. The maximum Gasteiger partial charge on any atom is 0.128 e. The van der Waals surface area contributed by atoms with E-state index in [4.69, 9.17) is 29.0 Å². The van der Waals surface area contributed by atoms with Gasteiger partial charge in [0.25, 0.3) is 0 Å². The lowest BCUT2D eigenvalue weighted by molar-refractivity contribution is 0.510.